The number of benzene rings is 2. The number of guanidine groups is 1. The predicted octanol–water partition coefficient (Wildman–Crippen LogP) is 4.37. The molecule has 29 heavy (non-hydrogen) atoms. The third kappa shape index (κ3) is 5.70. The molecule has 1 fully saturated rings. The summed E-state index contributed by atoms with van der Waals surface area (Å²) in [6.07, 6.45) is 1.10. The molecule has 0 saturated carbocycles. The first-order valence-electron chi connectivity index (χ1n) is 9.59. The van der Waals surface area contributed by atoms with Crippen molar-refractivity contribution in [1.82, 2.24) is 15.6 Å². The highest BCUT2D eigenvalue weighted by atomic mass is 127. The van der Waals surface area contributed by atoms with E-state index in [-0.39, 0.29) is 24.0 Å². The lowest BCUT2D eigenvalue weighted by atomic mass is 10.2. The van der Waals surface area contributed by atoms with Crippen molar-refractivity contribution in [2.75, 3.05) is 25.0 Å². The van der Waals surface area contributed by atoms with Crippen molar-refractivity contribution in [3.05, 3.63) is 71.1 Å². The Balaban J connectivity index is 0.00000240. The zero-order valence-corrected chi connectivity index (χ0v) is 19.6. The van der Waals surface area contributed by atoms with E-state index in [4.69, 9.17) is 4.98 Å². The minimum atomic E-state index is 0. The molecule has 0 bridgehead atoms. The Labute approximate surface area is 193 Å². The molecule has 1 aliphatic rings. The van der Waals surface area contributed by atoms with Crippen LogP contribution in [0.25, 0.3) is 11.3 Å². The number of rotatable bonds is 5. The summed E-state index contributed by atoms with van der Waals surface area (Å²) < 4.78 is 0. The van der Waals surface area contributed by atoms with Crippen LogP contribution < -0.4 is 15.5 Å². The molecule has 2 heterocycles. The van der Waals surface area contributed by atoms with Crippen molar-refractivity contribution in [2.45, 2.75) is 19.0 Å². The van der Waals surface area contributed by atoms with Gasteiger partial charge in [-0.3, -0.25) is 4.99 Å². The molecule has 1 unspecified atom stereocenters. The van der Waals surface area contributed by atoms with Crippen molar-refractivity contribution >= 4 is 47.0 Å². The topological polar surface area (TPSA) is 52.6 Å². The number of para-hydroxylation sites is 1. The number of hydrogen-bond acceptors (Lipinski definition) is 4. The quantitative estimate of drug-likeness (QED) is 0.299. The monoisotopic (exact) mass is 519 g/mol. The van der Waals surface area contributed by atoms with Gasteiger partial charge in [0.05, 0.1) is 12.2 Å². The Morgan fingerprint density at radius 3 is 2.59 bits per heavy atom. The number of aromatic nitrogens is 1. The van der Waals surface area contributed by atoms with Gasteiger partial charge in [-0.15, -0.1) is 35.3 Å². The van der Waals surface area contributed by atoms with Gasteiger partial charge in [0.2, 0.25) is 0 Å². The molecule has 0 spiro atoms. The Bertz CT molecular complexity index is 913. The lowest BCUT2D eigenvalue weighted by Crippen LogP contribution is -2.44. The molecule has 1 atom stereocenters. The number of halogens is 1. The van der Waals surface area contributed by atoms with Gasteiger partial charge in [-0.1, -0.05) is 48.5 Å². The van der Waals surface area contributed by atoms with Gasteiger partial charge in [0.25, 0.3) is 0 Å². The fourth-order valence-electron chi connectivity index (χ4n) is 3.43. The number of hydrogen-bond donors (Lipinski definition) is 2. The average molecular weight is 519 g/mol. The van der Waals surface area contributed by atoms with Crippen LogP contribution >= 0.6 is 35.3 Å². The van der Waals surface area contributed by atoms with Crippen LogP contribution in [-0.2, 0) is 6.54 Å². The Morgan fingerprint density at radius 2 is 1.86 bits per heavy atom. The van der Waals surface area contributed by atoms with Gasteiger partial charge < -0.3 is 15.5 Å². The Hall–Kier alpha value is -2.13. The molecule has 3 aromatic rings. The second-order valence-corrected chi connectivity index (χ2v) is 7.77. The van der Waals surface area contributed by atoms with Gasteiger partial charge in [-0.25, -0.2) is 4.98 Å². The van der Waals surface area contributed by atoms with E-state index in [9.17, 15) is 0 Å². The molecule has 5 nitrogen and oxygen atoms in total. The summed E-state index contributed by atoms with van der Waals surface area (Å²) in [5.74, 6) is 0.830. The van der Waals surface area contributed by atoms with Crippen LogP contribution in [0.15, 0.2) is 71.0 Å². The predicted molar refractivity (Wildman–Crippen MR) is 133 cm³/mol. The lowest BCUT2D eigenvalue weighted by Gasteiger charge is -2.20. The molecule has 1 aliphatic heterocycles. The van der Waals surface area contributed by atoms with Crippen LogP contribution in [0, 0.1) is 0 Å². The summed E-state index contributed by atoms with van der Waals surface area (Å²) in [6, 6.07) is 21.3. The number of thiazole rings is 1. The summed E-state index contributed by atoms with van der Waals surface area (Å²) in [5.41, 5.74) is 3.46. The largest absolute Gasteiger partial charge is 0.369 e. The summed E-state index contributed by atoms with van der Waals surface area (Å²) in [4.78, 5) is 11.5. The fraction of sp³-hybridized carbons (Fsp3) is 0.273. The maximum absolute atomic E-state index is 4.74. The Kier molecular flexibility index (Phi) is 7.88. The van der Waals surface area contributed by atoms with Gasteiger partial charge in [0, 0.05) is 42.8 Å². The molecule has 2 N–H and O–H groups in total. The van der Waals surface area contributed by atoms with E-state index in [1.54, 1.807) is 11.3 Å². The molecule has 4 rings (SSSR count). The van der Waals surface area contributed by atoms with Crippen molar-refractivity contribution in [2.24, 2.45) is 4.99 Å². The first-order valence-corrected chi connectivity index (χ1v) is 10.5. The third-order valence-electron chi connectivity index (χ3n) is 4.90. The highest BCUT2D eigenvalue weighted by molar-refractivity contribution is 14.0. The van der Waals surface area contributed by atoms with E-state index in [1.807, 2.05) is 25.2 Å². The number of anilines is 1. The normalized spacial score (nSPS) is 16.4. The molecule has 1 saturated heterocycles. The smallest absolute Gasteiger partial charge is 0.191 e. The summed E-state index contributed by atoms with van der Waals surface area (Å²) >= 11 is 1.67. The number of nitrogens with one attached hydrogen (secondary N) is 2. The van der Waals surface area contributed by atoms with E-state index in [2.05, 4.69) is 68.4 Å². The lowest BCUT2D eigenvalue weighted by molar-refractivity contribution is 0.648. The molecule has 2 aromatic carbocycles. The number of aliphatic imine (C=N–C) groups is 1. The maximum atomic E-state index is 4.74. The summed E-state index contributed by atoms with van der Waals surface area (Å²) in [6.45, 7) is 2.72. The minimum Gasteiger partial charge on any atom is -0.369 e. The minimum absolute atomic E-state index is 0. The van der Waals surface area contributed by atoms with Gasteiger partial charge in [0.15, 0.2) is 5.96 Å². The highest BCUT2D eigenvalue weighted by Gasteiger charge is 2.23. The van der Waals surface area contributed by atoms with E-state index in [0.717, 1.165) is 41.7 Å². The van der Waals surface area contributed by atoms with Crippen LogP contribution in [-0.4, -0.2) is 37.1 Å². The van der Waals surface area contributed by atoms with E-state index in [1.165, 1.54) is 5.69 Å². The average Bonchev–Trinajstić information content (AvgIpc) is 3.42. The first kappa shape index (κ1) is 21.6. The van der Waals surface area contributed by atoms with E-state index in [0.29, 0.717) is 12.6 Å². The van der Waals surface area contributed by atoms with Crippen LogP contribution in [0.3, 0.4) is 0 Å². The molecule has 0 aliphatic carbocycles. The van der Waals surface area contributed by atoms with Gasteiger partial charge in [0.1, 0.15) is 5.01 Å². The van der Waals surface area contributed by atoms with Gasteiger partial charge in [-0.2, -0.15) is 0 Å². The van der Waals surface area contributed by atoms with Crippen LogP contribution in [0.1, 0.15) is 11.4 Å². The molecule has 152 valence electrons. The van der Waals surface area contributed by atoms with Gasteiger partial charge >= 0.3 is 0 Å². The van der Waals surface area contributed by atoms with Crippen LogP contribution in [0.5, 0.6) is 0 Å². The van der Waals surface area contributed by atoms with E-state index < -0.39 is 0 Å². The first-order chi connectivity index (χ1) is 13.8. The zero-order valence-electron chi connectivity index (χ0n) is 16.4. The molecule has 1 aromatic heterocycles. The van der Waals surface area contributed by atoms with Crippen molar-refractivity contribution in [3.8, 4) is 11.3 Å². The SMILES string of the molecule is CN=C(NCc1nc(-c2ccccc2)cs1)NC1CCN(c2ccccc2)C1.I. The molecule has 0 amide bonds. The highest BCUT2D eigenvalue weighted by Crippen LogP contribution is 2.22. The zero-order chi connectivity index (χ0) is 19.2. The molecule has 0 radical (unpaired) electrons. The fourth-order valence-corrected chi connectivity index (χ4v) is 4.18. The van der Waals surface area contributed by atoms with Crippen LogP contribution in [0.4, 0.5) is 5.69 Å². The summed E-state index contributed by atoms with van der Waals surface area (Å²) in [7, 11) is 1.82. The van der Waals surface area contributed by atoms with Crippen molar-refractivity contribution in [3.63, 3.8) is 0 Å². The van der Waals surface area contributed by atoms with Gasteiger partial charge in [-0.05, 0) is 18.6 Å². The van der Waals surface area contributed by atoms with Crippen LogP contribution in [0.2, 0.25) is 0 Å². The van der Waals surface area contributed by atoms with E-state index >= 15 is 0 Å². The number of nitrogens with zero attached hydrogens (tertiary/aromatic N) is 3. The standard InChI is InChI=1S/C22H25N5S.HI/c1-23-22(25-18-12-13-27(15-18)19-10-6-3-7-11-19)24-14-21-26-20(16-28-21)17-8-4-2-5-9-17;/h2-11,16,18H,12-15H2,1H3,(H2,23,24,25);1H. The van der Waals surface area contributed by atoms with Crippen molar-refractivity contribution < 1.29 is 0 Å². The molecular weight excluding hydrogens is 493 g/mol. The second kappa shape index (κ2) is 10.6. The molecular formula is C22H26IN5S. The second-order valence-electron chi connectivity index (χ2n) is 6.83. The van der Waals surface area contributed by atoms with Crippen molar-refractivity contribution in [1.29, 1.82) is 0 Å². The maximum Gasteiger partial charge on any atom is 0.191 e. The Morgan fingerprint density at radius 1 is 1.14 bits per heavy atom. The third-order valence-corrected chi connectivity index (χ3v) is 5.75. The summed E-state index contributed by atoms with van der Waals surface area (Å²) in [5, 5.41) is 10.1. The molecule has 7 heteroatoms.